The number of nitrogens with one attached hydrogen (secondary N) is 1. The second-order valence-corrected chi connectivity index (χ2v) is 3.29. The van der Waals surface area contributed by atoms with E-state index >= 15 is 0 Å². The fourth-order valence-electron chi connectivity index (χ4n) is 1.58. The van der Waals surface area contributed by atoms with E-state index in [0.29, 0.717) is 6.42 Å². The summed E-state index contributed by atoms with van der Waals surface area (Å²) in [5.41, 5.74) is 7.65. The summed E-state index contributed by atoms with van der Waals surface area (Å²) in [4.78, 5) is 13.4. The van der Waals surface area contributed by atoms with Crippen LogP contribution >= 0.6 is 0 Å². The first-order valence-corrected chi connectivity index (χ1v) is 4.49. The van der Waals surface area contributed by atoms with Crippen LogP contribution in [0.1, 0.15) is 5.56 Å². The van der Waals surface area contributed by atoms with Crippen molar-refractivity contribution in [1.82, 2.24) is 4.98 Å². The van der Waals surface area contributed by atoms with E-state index in [1.165, 1.54) is 0 Å². The molecule has 0 aliphatic rings. The molecule has 0 aliphatic carbocycles. The Morgan fingerprint density at radius 3 is 3.00 bits per heavy atom. The van der Waals surface area contributed by atoms with Crippen molar-refractivity contribution in [2.75, 3.05) is 0 Å². The minimum atomic E-state index is -0.533. The molecule has 0 amide bonds. The normalized spacial score (nSPS) is 12.9. The molecule has 3 N–H and O–H groups in total. The zero-order valence-corrected chi connectivity index (χ0v) is 7.66. The second-order valence-electron chi connectivity index (χ2n) is 3.29. The maximum absolute atomic E-state index is 10.3. The van der Waals surface area contributed by atoms with Gasteiger partial charge in [0.05, 0.1) is 6.04 Å². The lowest BCUT2D eigenvalue weighted by Gasteiger charge is -2.00. The Balaban J connectivity index is 2.38. The summed E-state index contributed by atoms with van der Waals surface area (Å²) in [6.07, 6.45) is 4.21. The van der Waals surface area contributed by atoms with Crippen molar-refractivity contribution in [2.45, 2.75) is 12.5 Å². The van der Waals surface area contributed by atoms with Gasteiger partial charge in [-0.2, -0.15) is 0 Å². The van der Waals surface area contributed by atoms with E-state index in [-0.39, 0.29) is 0 Å². The summed E-state index contributed by atoms with van der Waals surface area (Å²) >= 11 is 0. The monoisotopic (exact) mass is 187 g/mol. The number of hydrogen-bond donors (Lipinski definition) is 2. The third-order valence-electron chi connectivity index (χ3n) is 2.27. The molecule has 1 atom stereocenters. The van der Waals surface area contributed by atoms with Crippen molar-refractivity contribution >= 4 is 17.2 Å². The number of benzene rings is 1. The lowest BCUT2D eigenvalue weighted by molar-refractivity contribution is 0.541. The van der Waals surface area contributed by atoms with Crippen LogP contribution < -0.4 is 5.73 Å². The summed E-state index contributed by atoms with van der Waals surface area (Å²) < 4.78 is 0. The topological polar surface area (TPSA) is 58.9 Å². The summed E-state index contributed by atoms with van der Waals surface area (Å²) in [7, 11) is 0. The predicted octanol–water partition coefficient (Wildman–Crippen LogP) is 1.15. The molecule has 0 saturated carbocycles. The average Bonchev–Trinajstić information content (AvgIpc) is 2.62. The molecule has 0 saturated heterocycles. The number of aromatic amines is 1. The molecule has 2 rings (SSSR count). The van der Waals surface area contributed by atoms with Crippen molar-refractivity contribution in [3.8, 4) is 0 Å². The predicted molar refractivity (Wildman–Crippen MR) is 55.7 cm³/mol. The van der Waals surface area contributed by atoms with Crippen molar-refractivity contribution in [3.63, 3.8) is 0 Å². The fourth-order valence-corrected chi connectivity index (χ4v) is 1.58. The highest BCUT2D eigenvalue weighted by molar-refractivity contribution is 5.83. The third kappa shape index (κ3) is 1.54. The first-order valence-electron chi connectivity index (χ1n) is 4.49. The van der Waals surface area contributed by atoms with E-state index in [1.807, 2.05) is 30.5 Å². The van der Waals surface area contributed by atoms with Crippen LogP contribution in [0.15, 0.2) is 30.5 Å². The van der Waals surface area contributed by atoms with Crippen LogP contribution in [0.5, 0.6) is 0 Å². The van der Waals surface area contributed by atoms with Gasteiger partial charge in [-0.15, -0.1) is 0 Å². The summed E-state index contributed by atoms with van der Waals surface area (Å²) in [5.74, 6) is 0. The molecule has 14 heavy (non-hydrogen) atoms. The molecule has 3 nitrogen and oxygen atoms in total. The number of carbonyl (C=O) groups excluding carboxylic acids is 1. The number of fused-ring (bicyclic) bond motifs is 1. The van der Waals surface area contributed by atoms with E-state index < -0.39 is 6.04 Å². The number of H-pyrrole nitrogens is 1. The number of nitrogens with two attached hydrogens (primary N) is 1. The first kappa shape index (κ1) is 8.97. The van der Waals surface area contributed by atoms with E-state index in [1.54, 1.807) is 6.29 Å². The molecular formula is C11H11N2O. The molecule has 0 unspecified atom stereocenters. The first-order chi connectivity index (χ1) is 6.81. The molecule has 0 bridgehead atoms. The van der Waals surface area contributed by atoms with Gasteiger partial charge in [-0.25, -0.2) is 0 Å². The van der Waals surface area contributed by atoms with Crippen LogP contribution in [0.3, 0.4) is 0 Å². The van der Waals surface area contributed by atoms with Crippen LogP contribution in [-0.4, -0.2) is 17.3 Å². The number of para-hydroxylation sites is 1. The molecule has 0 fully saturated rings. The van der Waals surface area contributed by atoms with Gasteiger partial charge in [0.25, 0.3) is 0 Å². The van der Waals surface area contributed by atoms with Crippen molar-refractivity contribution in [2.24, 2.45) is 5.73 Å². The van der Waals surface area contributed by atoms with Gasteiger partial charge in [0.15, 0.2) is 0 Å². The highest BCUT2D eigenvalue weighted by Crippen LogP contribution is 2.18. The maximum Gasteiger partial charge on any atom is 0.217 e. The minimum absolute atomic E-state index is 0.533. The Labute approximate surface area is 81.9 Å². The third-order valence-corrected chi connectivity index (χ3v) is 2.27. The molecule has 3 heteroatoms. The summed E-state index contributed by atoms with van der Waals surface area (Å²) in [6, 6.07) is 7.41. The van der Waals surface area contributed by atoms with Crippen LogP contribution in [0.2, 0.25) is 0 Å². The van der Waals surface area contributed by atoms with Gasteiger partial charge in [0.1, 0.15) is 0 Å². The zero-order valence-electron chi connectivity index (χ0n) is 7.66. The van der Waals surface area contributed by atoms with E-state index in [0.717, 1.165) is 16.5 Å². The van der Waals surface area contributed by atoms with Gasteiger partial charge in [-0.3, -0.25) is 4.79 Å². The number of hydrogen-bond acceptors (Lipinski definition) is 2. The van der Waals surface area contributed by atoms with Crippen LogP contribution in [0.25, 0.3) is 10.9 Å². The largest absolute Gasteiger partial charge is 0.361 e. The van der Waals surface area contributed by atoms with Crippen LogP contribution in [0, 0.1) is 0 Å². The van der Waals surface area contributed by atoms with E-state index in [2.05, 4.69) is 4.98 Å². The fraction of sp³-hybridized carbons (Fsp3) is 0.182. The standard InChI is InChI=1S/C11H11N2O/c12-9(7-14)5-8-6-13-11-4-2-1-3-10(8)11/h1-4,6,9,13H,5,12H2/t9-/m0/s1. The second kappa shape index (κ2) is 3.64. The minimum Gasteiger partial charge on any atom is -0.361 e. The number of aromatic nitrogens is 1. The average molecular weight is 187 g/mol. The van der Waals surface area contributed by atoms with Gasteiger partial charge in [0, 0.05) is 17.1 Å². The molecule has 0 aliphatic heterocycles. The Morgan fingerprint density at radius 1 is 1.43 bits per heavy atom. The molecule has 2 aromatic rings. The van der Waals surface area contributed by atoms with Gasteiger partial charge in [-0.05, 0) is 18.1 Å². The van der Waals surface area contributed by atoms with Gasteiger partial charge < -0.3 is 10.7 Å². The van der Waals surface area contributed by atoms with Crippen LogP contribution in [0.4, 0.5) is 0 Å². The SMILES string of the molecule is N[C@H]([C]=O)Cc1c[nH]c2ccccc12. The highest BCUT2D eigenvalue weighted by Gasteiger charge is 2.07. The highest BCUT2D eigenvalue weighted by atomic mass is 16.1. The van der Waals surface area contributed by atoms with Gasteiger partial charge >= 0.3 is 0 Å². The zero-order chi connectivity index (χ0) is 9.97. The van der Waals surface area contributed by atoms with E-state index in [4.69, 9.17) is 5.73 Å². The molecule has 71 valence electrons. The Morgan fingerprint density at radius 2 is 2.21 bits per heavy atom. The van der Waals surface area contributed by atoms with Crippen LogP contribution in [-0.2, 0) is 11.2 Å². The quantitative estimate of drug-likeness (QED) is 0.757. The Kier molecular flexibility index (Phi) is 2.33. The molecular weight excluding hydrogens is 176 g/mol. The smallest absolute Gasteiger partial charge is 0.217 e. The van der Waals surface area contributed by atoms with Crippen molar-refractivity contribution in [3.05, 3.63) is 36.0 Å². The molecule has 1 heterocycles. The molecule has 1 aromatic heterocycles. The van der Waals surface area contributed by atoms with Gasteiger partial charge in [0.2, 0.25) is 6.29 Å². The molecule has 1 aromatic carbocycles. The lowest BCUT2D eigenvalue weighted by atomic mass is 10.1. The summed E-state index contributed by atoms with van der Waals surface area (Å²) in [6.45, 7) is 0. The number of rotatable bonds is 3. The molecule has 0 spiro atoms. The Hall–Kier alpha value is -1.61. The van der Waals surface area contributed by atoms with Crippen molar-refractivity contribution < 1.29 is 4.79 Å². The van der Waals surface area contributed by atoms with Gasteiger partial charge in [-0.1, -0.05) is 18.2 Å². The lowest BCUT2D eigenvalue weighted by Crippen LogP contribution is -2.23. The maximum atomic E-state index is 10.3. The Bertz CT molecular complexity index is 447. The van der Waals surface area contributed by atoms with E-state index in [9.17, 15) is 4.79 Å². The molecule has 1 radical (unpaired) electrons. The summed E-state index contributed by atoms with van der Waals surface area (Å²) in [5, 5.41) is 1.12. The van der Waals surface area contributed by atoms with Crippen molar-refractivity contribution in [1.29, 1.82) is 0 Å².